The van der Waals surface area contributed by atoms with Gasteiger partial charge in [0.2, 0.25) is 0 Å². The average Bonchev–Trinajstić information content (AvgIpc) is 3.82. The van der Waals surface area contributed by atoms with Gasteiger partial charge in [0, 0.05) is 29.7 Å². The second-order valence-corrected chi connectivity index (χ2v) is 29.1. The number of nitrogens with zero attached hydrogens (tertiary/aromatic N) is 4. The van der Waals surface area contributed by atoms with Gasteiger partial charge in [-0.05, 0) is 81.3 Å². The fourth-order valence-corrected chi connectivity index (χ4v) is 8.50. The van der Waals surface area contributed by atoms with Gasteiger partial charge in [0.25, 0.3) is 0 Å². The Morgan fingerprint density at radius 1 is 0.524 bits per heavy atom. The zero-order chi connectivity index (χ0) is 45.9. The third-order valence-electron chi connectivity index (χ3n) is 9.64. The van der Waals surface area contributed by atoms with Crippen LogP contribution < -0.4 is 4.46 Å². The molecule has 5 nitrogen and oxygen atoms in total. The number of hydrogen-bond donors (Lipinski definition) is 0. The van der Waals surface area contributed by atoms with E-state index in [0.29, 0.717) is 23.7 Å². The summed E-state index contributed by atoms with van der Waals surface area (Å²) in [5, 5.41) is 5.14. The summed E-state index contributed by atoms with van der Waals surface area (Å²) in [6, 6.07) is 43.9. The van der Waals surface area contributed by atoms with Crippen LogP contribution >= 0.6 is 0 Å². The molecular formula is C54H75N4OSeSi2Yb. The van der Waals surface area contributed by atoms with E-state index in [4.69, 9.17) is 24.7 Å². The van der Waals surface area contributed by atoms with Crippen LogP contribution in [0.15, 0.2) is 137 Å². The molecule has 345 valence electrons. The van der Waals surface area contributed by atoms with Gasteiger partial charge in [-0.3, -0.25) is 0 Å². The Morgan fingerprint density at radius 2 is 0.905 bits per heavy atom. The summed E-state index contributed by atoms with van der Waals surface area (Å²) < 4.78 is 11.2. The molecule has 1 radical (unpaired) electrons. The van der Waals surface area contributed by atoms with Crippen LogP contribution in [0.3, 0.4) is 0 Å². The first-order chi connectivity index (χ1) is 29.3. The average molecular weight is 1100 g/mol. The monoisotopic (exact) mass is 1110 g/mol. The summed E-state index contributed by atoms with van der Waals surface area (Å²) in [7, 11) is -3.30. The number of aliphatic imine (C=N–C) groups is 1. The molecule has 0 unspecified atom stereocenters. The minimum absolute atomic E-state index is 0. The molecule has 1 aliphatic heterocycles. The van der Waals surface area contributed by atoms with Crippen molar-refractivity contribution in [2.75, 3.05) is 13.2 Å². The maximum absolute atomic E-state index is 5.14. The quantitative estimate of drug-likeness (QED) is 0.0781. The Balaban J connectivity index is 0.000000337. The van der Waals surface area contributed by atoms with E-state index in [2.05, 4.69) is 196 Å². The van der Waals surface area contributed by atoms with E-state index in [-0.39, 0.29) is 46.9 Å². The van der Waals surface area contributed by atoms with Crippen LogP contribution in [0.5, 0.6) is 0 Å². The predicted octanol–water partition coefficient (Wildman–Crippen LogP) is 15.7. The zero-order valence-corrected chi connectivity index (χ0v) is 46.1. The second-order valence-electron chi connectivity index (χ2n) is 19.0. The molecule has 9 heteroatoms. The Kier molecular flexibility index (Phi) is 25.6. The number of hydrogen-bond acceptors (Lipinski definition) is 3. The molecule has 0 amide bonds. The smallest absolute Gasteiger partial charge is 3.00 e. The maximum atomic E-state index is 5.14. The van der Waals surface area contributed by atoms with Crippen molar-refractivity contribution in [1.29, 1.82) is 0 Å². The second kappa shape index (κ2) is 28.5. The summed E-state index contributed by atoms with van der Waals surface area (Å²) >= 11 is 2.90. The van der Waals surface area contributed by atoms with Gasteiger partial charge in [-0.2, -0.15) is 0 Å². The van der Waals surface area contributed by atoms with Crippen molar-refractivity contribution in [2.24, 2.45) is 9.65 Å². The number of para-hydroxylation sites is 2. The minimum atomic E-state index is -1.65. The standard InChI is InChI=1S/2C22H31N2Si.C6H6Se.C4H8O.Yb/c2*1-16(2)19-14-11-15-20(17(3)4)21(19)23-22(24-25(5,6)7)18-12-9-8-10-13-18;7-6-4-2-1-3-5-6;1-2-4-5-3-1;/h2*8-17H,1-7H3;1-5,7H;1-4H2;/q2*-1;;;+3/p-1. The van der Waals surface area contributed by atoms with Gasteiger partial charge >= 0.3 is 97.7 Å². The SMILES string of the molecule is C1CCOC1.CC(C)c1cccc(C(C)C)c1N=C([N-][Si](C)(C)C)c1ccccc1.CC(C)c1cccc(C(C)C)c1[N-]/C(=N/[Si](C)(C)C)c1ccccc1.[Se-]c1ccccc1.[Yb+3]. The molecule has 0 aromatic heterocycles. The minimum Gasteiger partial charge on any atom is 3.00 e. The van der Waals surface area contributed by atoms with Crippen molar-refractivity contribution in [2.45, 2.75) is 131 Å². The first-order valence-corrected chi connectivity index (χ1v) is 30.3. The molecule has 1 aliphatic rings. The number of benzene rings is 5. The van der Waals surface area contributed by atoms with Crippen LogP contribution in [-0.4, -0.2) is 57.4 Å². The summed E-state index contributed by atoms with van der Waals surface area (Å²) in [6.45, 7) is 33.4. The van der Waals surface area contributed by atoms with E-state index in [9.17, 15) is 0 Å². The van der Waals surface area contributed by atoms with E-state index in [1.165, 1.54) is 39.6 Å². The van der Waals surface area contributed by atoms with Crippen molar-refractivity contribution < 1.29 is 51.7 Å². The predicted molar refractivity (Wildman–Crippen MR) is 280 cm³/mol. The van der Waals surface area contributed by atoms with Crippen LogP contribution in [-0.2, 0) is 4.74 Å². The summed E-state index contributed by atoms with van der Waals surface area (Å²) in [5.41, 5.74) is 9.59. The van der Waals surface area contributed by atoms with Gasteiger partial charge in [0.15, 0.2) is 0 Å². The number of amidine groups is 2. The summed E-state index contributed by atoms with van der Waals surface area (Å²) in [5.74, 6) is 3.47. The van der Waals surface area contributed by atoms with Gasteiger partial charge in [0.1, 0.15) is 0 Å². The third-order valence-corrected chi connectivity index (χ3v) is 12.0. The van der Waals surface area contributed by atoms with Gasteiger partial charge in [-0.1, -0.05) is 203 Å². The zero-order valence-electron chi connectivity index (χ0n) is 40.6. The first kappa shape index (κ1) is 56.6. The van der Waals surface area contributed by atoms with E-state index < -0.39 is 16.5 Å². The third kappa shape index (κ3) is 21.1. The molecule has 0 spiro atoms. The molecule has 63 heavy (non-hydrogen) atoms. The van der Waals surface area contributed by atoms with Crippen molar-refractivity contribution in [3.63, 3.8) is 0 Å². The van der Waals surface area contributed by atoms with E-state index in [0.717, 1.165) is 47.4 Å². The van der Waals surface area contributed by atoms with E-state index in [1.54, 1.807) is 0 Å². The van der Waals surface area contributed by atoms with Gasteiger partial charge < -0.3 is 24.7 Å². The first-order valence-electron chi connectivity index (χ1n) is 22.6. The molecule has 5 aromatic rings. The van der Waals surface area contributed by atoms with Crippen LogP contribution in [0.2, 0.25) is 39.3 Å². The largest absolute Gasteiger partial charge is 3.00 e. The van der Waals surface area contributed by atoms with Gasteiger partial charge in [0.05, 0.1) is 0 Å². The van der Waals surface area contributed by atoms with Crippen molar-refractivity contribution in [1.82, 2.24) is 0 Å². The Morgan fingerprint density at radius 3 is 1.22 bits per heavy atom. The van der Waals surface area contributed by atoms with E-state index in [1.807, 2.05) is 42.5 Å². The molecule has 6 rings (SSSR count). The number of rotatable bonds is 10. The topological polar surface area (TPSA) is 62.1 Å². The Labute approximate surface area is 432 Å². The molecule has 1 heterocycles. The van der Waals surface area contributed by atoms with Gasteiger partial charge in [-0.15, -0.1) is 0 Å². The van der Waals surface area contributed by atoms with Crippen molar-refractivity contribution >= 4 is 60.0 Å². The normalized spacial score (nSPS) is 13.0. The molecule has 1 saturated heterocycles. The Bertz CT molecular complexity index is 2050. The maximum Gasteiger partial charge on any atom is 3.00 e. The van der Waals surface area contributed by atoms with Crippen molar-refractivity contribution in [3.05, 3.63) is 171 Å². The molecule has 0 N–H and O–H groups in total. The van der Waals surface area contributed by atoms with Gasteiger partial charge in [-0.25, -0.2) is 0 Å². The number of ether oxygens (including phenoxy) is 1. The summed E-state index contributed by atoms with van der Waals surface area (Å²) in [4.78, 5) is 10.2. The molecule has 0 bridgehead atoms. The van der Waals surface area contributed by atoms with Crippen LogP contribution in [0.4, 0.5) is 11.4 Å². The molecule has 0 aliphatic carbocycles. The fourth-order valence-electron chi connectivity index (χ4n) is 6.54. The molecule has 1 fully saturated rings. The molecular weight excluding hydrogens is 1030 g/mol. The molecule has 0 saturated carbocycles. The summed E-state index contributed by atoms with van der Waals surface area (Å²) in [6.07, 6.45) is 2.56. The van der Waals surface area contributed by atoms with Crippen molar-refractivity contribution in [3.8, 4) is 0 Å². The molecule has 0 atom stereocenters. The Hall–Kier alpha value is -2.53. The van der Waals surface area contributed by atoms with Crippen LogP contribution in [0, 0.1) is 46.9 Å². The fraction of sp³-hybridized carbons (Fsp3) is 0.407. The van der Waals surface area contributed by atoms with Crippen LogP contribution in [0.25, 0.3) is 10.3 Å². The van der Waals surface area contributed by atoms with E-state index >= 15 is 0 Å². The van der Waals surface area contributed by atoms with Crippen LogP contribution in [0.1, 0.15) is 125 Å². The molecule has 5 aromatic carbocycles.